The number of carbonyl (C=O) groups excluding carboxylic acids is 3. The monoisotopic (exact) mass is 492 g/mol. The summed E-state index contributed by atoms with van der Waals surface area (Å²) in [5.74, 6) is -0.159. The third-order valence-corrected chi connectivity index (χ3v) is 9.89. The Balaban J connectivity index is 1.62. The number of nitrogens with one attached hydrogen (secondary N) is 2. The first kappa shape index (κ1) is 26.1. The van der Waals surface area contributed by atoms with Crippen LogP contribution in [0.15, 0.2) is 12.7 Å². The molecule has 9 heteroatoms. The van der Waals surface area contributed by atoms with Gasteiger partial charge in [0.1, 0.15) is 11.9 Å². The smallest absolute Gasteiger partial charge is 0.418 e. The Labute approximate surface area is 207 Å². The third kappa shape index (κ3) is 4.29. The zero-order chi connectivity index (χ0) is 25.6. The molecule has 3 saturated carbocycles. The van der Waals surface area contributed by atoms with E-state index in [1.165, 1.54) is 0 Å². The number of aliphatic hydroxyl groups is 1. The predicted octanol–water partition coefficient (Wildman–Crippen LogP) is 3.16. The molecule has 9 nitrogen and oxygen atoms in total. The molecule has 1 heterocycles. The number of rotatable bonds is 3. The number of morpholine rings is 1. The summed E-state index contributed by atoms with van der Waals surface area (Å²) in [6, 6.07) is 0. The van der Waals surface area contributed by atoms with Gasteiger partial charge in [0.05, 0.1) is 19.3 Å². The van der Waals surface area contributed by atoms with Crippen molar-refractivity contribution in [2.24, 2.45) is 34.0 Å². The second kappa shape index (κ2) is 9.48. The number of alkyl carbamates (subject to hydrolysis) is 2. The summed E-state index contributed by atoms with van der Waals surface area (Å²) in [6.45, 7) is 13.5. The SMILES string of the molecule is C=C[C@]1(C)C[C@@H](OC(=O)NC(=O)OC2CNCCO2)[C@@]2(C)C(C)CC[C@]3(CCC(=O)[C@H]32)[C@@H](C)[C@@H]1O. The quantitative estimate of drug-likeness (QED) is 0.514. The normalized spacial score (nSPS) is 45.5. The van der Waals surface area contributed by atoms with Gasteiger partial charge in [0.2, 0.25) is 6.29 Å². The molecule has 2 bridgehead atoms. The van der Waals surface area contributed by atoms with E-state index < -0.39 is 41.5 Å². The van der Waals surface area contributed by atoms with Crippen LogP contribution in [-0.4, -0.2) is 61.3 Å². The summed E-state index contributed by atoms with van der Waals surface area (Å²) in [4.78, 5) is 38.6. The summed E-state index contributed by atoms with van der Waals surface area (Å²) in [6.07, 6.45) is 0.811. The van der Waals surface area contributed by atoms with Gasteiger partial charge in [0, 0.05) is 29.7 Å². The lowest BCUT2D eigenvalue weighted by Gasteiger charge is -2.61. The minimum atomic E-state index is -0.956. The molecule has 2 amide bonds. The maximum Gasteiger partial charge on any atom is 0.418 e. The van der Waals surface area contributed by atoms with Gasteiger partial charge in [-0.1, -0.05) is 33.8 Å². The Morgan fingerprint density at radius 1 is 1.23 bits per heavy atom. The highest BCUT2D eigenvalue weighted by Crippen LogP contribution is 2.67. The van der Waals surface area contributed by atoms with Crippen LogP contribution in [0.2, 0.25) is 0 Å². The van der Waals surface area contributed by atoms with Crippen LogP contribution in [0.25, 0.3) is 0 Å². The summed E-state index contributed by atoms with van der Waals surface area (Å²) in [5, 5.41) is 16.7. The molecule has 1 aliphatic heterocycles. The van der Waals surface area contributed by atoms with E-state index in [4.69, 9.17) is 14.2 Å². The standard InChI is InChI=1S/C26H40N2O7/c1-6-24(4)13-18(34-22(31)28-23(32)35-19-14-27-11-12-33-19)25(5)15(2)7-9-26(16(3)21(24)30)10-8-17(29)20(25)26/h6,15-16,18-21,27,30H,1,7-14H2,2-5H3,(H,28,31,32)/t15?,16-,18+,19?,20-,21-,24+,25+,26-/m0/s1. The van der Waals surface area contributed by atoms with E-state index >= 15 is 0 Å². The van der Waals surface area contributed by atoms with Gasteiger partial charge in [0.15, 0.2) is 0 Å². The van der Waals surface area contributed by atoms with Crippen LogP contribution in [0.1, 0.15) is 59.8 Å². The molecule has 3 N–H and O–H groups in total. The lowest BCUT2D eigenvalue weighted by Crippen LogP contribution is -2.63. The number of aliphatic hydroxyl groups excluding tert-OH is 1. The molecule has 0 radical (unpaired) electrons. The maximum atomic E-state index is 13.4. The van der Waals surface area contributed by atoms with E-state index in [0.717, 1.165) is 19.3 Å². The van der Waals surface area contributed by atoms with Crippen LogP contribution < -0.4 is 10.6 Å². The molecule has 4 aliphatic rings. The van der Waals surface area contributed by atoms with E-state index in [-0.39, 0.29) is 29.0 Å². The summed E-state index contributed by atoms with van der Waals surface area (Å²) < 4.78 is 16.5. The average molecular weight is 493 g/mol. The number of ketones is 1. The van der Waals surface area contributed by atoms with Gasteiger partial charge in [0.25, 0.3) is 0 Å². The first-order chi connectivity index (χ1) is 16.5. The lowest BCUT2D eigenvalue weighted by atomic mass is 9.44. The van der Waals surface area contributed by atoms with Gasteiger partial charge in [-0.15, -0.1) is 6.58 Å². The molecule has 0 aromatic carbocycles. The Kier molecular flexibility index (Phi) is 7.07. The maximum absolute atomic E-state index is 13.4. The Morgan fingerprint density at radius 2 is 1.94 bits per heavy atom. The van der Waals surface area contributed by atoms with Crippen molar-refractivity contribution in [3.63, 3.8) is 0 Å². The van der Waals surface area contributed by atoms with Crippen molar-refractivity contribution in [3.8, 4) is 0 Å². The minimum Gasteiger partial charge on any atom is -0.445 e. The first-order valence-corrected chi connectivity index (χ1v) is 12.8. The number of hydrogen-bond acceptors (Lipinski definition) is 8. The largest absolute Gasteiger partial charge is 0.445 e. The number of Topliss-reactive ketones (excluding diaryl/α,β-unsaturated/α-hetero) is 1. The van der Waals surface area contributed by atoms with E-state index in [1.54, 1.807) is 6.08 Å². The average Bonchev–Trinajstić information content (AvgIpc) is 3.18. The van der Waals surface area contributed by atoms with Gasteiger partial charge in [-0.2, -0.15) is 0 Å². The molecule has 0 aromatic heterocycles. The molecule has 196 valence electrons. The molecule has 3 aliphatic carbocycles. The van der Waals surface area contributed by atoms with E-state index in [1.807, 2.05) is 13.8 Å². The molecule has 4 fully saturated rings. The number of amides is 2. The molecule has 35 heavy (non-hydrogen) atoms. The molecular weight excluding hydrogens is 452 g/mol. The van der Waals surface area contributed by atoms with Crippen LogP contribution in [0, 0.1) is 34.0 Å². The van der Waals surface area contributed by atoms with E-state index in [9.17, 15) is 19.5 Å². The van der Waals surface area contributed by atoms with Gasteiger partial charge < -0.3 is 24.6 Å². The van der Waals surface area contributed by atoms with Crippen molar-refractivity contribution in [3.05, 3.63) is 12.7 Å². The zero-order valence-electron chi connectivity index (χ0n) is 21.3. The molecule has 9 atom stereocenters. The third-order valence-electron chi connectivity index (χ3n) is 9.89. The molecule has 2 unspecified atom stereocenters. The van der Waals surface area contributed by atoms with E-state index in [0.29, 0.717) is 32.5 Å². The van der Waals surface area contributed by atoms with Gasteiger partial charge in [-0.3, -0.25) is 4.79 Å². The fraction of sp³-hybridized carbons (Fsp3) is 0.808. The second-order valence-electron chi connectivity index (χ2n) is 11.5. The van der Waals surface area contributed by atoms with Crippen LogP contribution in [0.3, 0.4) is 0 Å². The minimum absolute atomic E-state index is 0.102. The van der Waals surface area contributed by atoms with Crippen LogP contribution in [0.5, 0.6) is 0 Å². The topological polar surface area (TPSA) is 123 Å². The summed E-state index contributed by atoms with van der Waals surface area (Å²) in [5.41, 5.74) is -1.75. The number of ether oxygens (including phenoxy) is 3. The van der Waals surface area contributed by atoms with Gasteiger partial charge in [-0.05, 0) is 42.9 Å². The van der Waals surface area contributed by atoms with Crippen molar-refractivity contribution in [2.75, 3.05) is 19.7 Å². The number of carbonyl (C=O) groups is 3. The van der Waals surface area contributed by atoms with Gasteiger partial charge in [-0.25, -0.2) is 14.9 Å². The highest BCUT2D eigenvalue weighted by atomic mass is 16.7. The predicted molar refractivity (Wildman–Crippen MR) is 127 cm³/mol. The Hall–Kier alpha value is -1.97. The first-order valence-electron chi connectivity index (χ1n) is 12.8. The van der Waals surface area contributed by atoms with Crippen molar-refractivity contribution in [1.29, 1.82) is 0 Å². The van der Waals surface area contributed by atoms with Gasteiger partial charge >= 0.3 is 12.2 Å². The Bertz CT molecular complexity index is 874. The summed E-state index contributed by atoms with van der Waals surface area (Å²) in [7, 11) is 0. The number of imide groups is 1. The Morgan fingerprint density at radius 3 is 2.60 bits per heavy atom. The van der Waals surface area contributed by atoms with Crippen molar-refractivity contribution in [2.45, 2.75) is 78.3 Å². The zero-order valence-corrected chi connectivity index (χ0v) is 21.3. The summed E-state index contributed by atoms with van der Waals surface area (Å²) >= 11 is 0. The second-order valence-corrected chi connectivity index (χ2v) is 11.5. The van der Waals surface area contributed by atoms with Crippen molar-refractivity contribution < 1.29 is 33.7 Å². The lowest BCUT2D eigenvalue weighted by molar-refractivity contribution is -0.191. The molecule has 4 rings (SSSR count). The highest BCUT2D eigenvalue weighted by Gasteiger charge is 2.68. The fourth-order valence-electron chi connectivity index (χ4n) is 7.51. The molecule has 1 saturated heterocycles. The van der Waals surface area contributed by atoms with E-state index in [2.05, 4.69) is 31.1 Å². The van der Waals surface area contributed by atoms with Crippen LogP contribution in [-0.2, 0) is 19.0 Å². The molecule has 0 spiro atoms. The number of hydrogen-bond donors (Lipinski definition) is 3. The van der Waals surface area contributed by atoms with Crippen molar-refractivity contribution >= 4 is 18.0 Å². The van der Waals surface area contributed by atoms with Crippen molar-refractivity contribution in [1.82, 2.24) is 10.6 Å². The van der Waals surface area contributed by atoms with Crippen LogP contribution in [0.4, 0.5) is 9.59 Å². The molecule has 0 aromatic rings. The highest BCUT2D eigenvalue weighted by molar-refractivity contribution is 5.88. The molecular formula is C26H40N2O7. The van der Waals surface area contributed by atoms with Crippen LogP contribution >= 0.6 is 0 Å². The fourth-order valence-corrected chi connectivity index (χ4v) is 7.51.